The minimum atomic E-state index is -3.56. The molecule has 0 spiro atoms. The summed E-state index contributed by atoms with van der Waals surface area (Å²) in [6.07, 6.45) is 2.88. The number of likely N-dealkylation sites (tertiary alicyclic amines) is 1. The molecule has 6 nitrogen and oxygen atoms in total. The highest BCUT2D eigenvalue weighted by atomic mass is 35.5. The zero-order valence-corrected chi connectivity index (χ0v) is 20.6. The second-order valence-electron chi connectivity index (χ2n) is 8.71. The normalized spacial score (nSPS) is 21.2. The molecule has 2 aromatic carbocycles. The Morgan fingerprint density at radius 3 is 2.82 bits per heavy atom. The molecule has 1 saturated heterocycles. The lowest BCUT2D eigenvalue weighted by molar-refractivity contribution is -0.124. The zero-order chi connectivity index (χ0) is 23.0. The van der Waals surface area contributed by atoms with Gasteiger partial charge in [0.2, 0.25) is 0 Å². The Bertz CT molecular complexity index is 1260. The molecular formula is C24H26ClN3O3S2. The van der Waals surface area contributed by atoms with Crippen molar-refractivity contribution in [3.8, 4) is 0 Å². The number of halogens is 1. The van der Waals surface area contributed by atoms with E-state index in [1.807, 2.05) is 12.1 Å². The van der Waals surface area contributed by atoms with E-state index < -0.39 is 9.84 Å². The molecule has 5 rings (SSSR count). The van der Waals surface area contributed by atoms with Crippen LogP contribution >= 0.6 is 23.4 Å². The highest BCUT2D eigenvalue weighted by Crippen LogP contribution is 2.31. The molecule has 1 unspecified atom stereocenters. The lowest BCUT2D eigenvalue weighted by Crippen LogP contribution is -2.47. The van der Waals surface area contributed by atoms with Gasteiger partial charge in [0.25, 0.3) is 0 Å². The van der Waals surface area contributed by atoms with Crippen molar-refractivity contribution in [2.24, 2.45) is 4.99 Å². The van der Waals surface area contributed by atoms with E-state index in [2.05, 4.69) is 20.2 Å². The van der Waals surface area contributed by atoms with Crippen LogP contribution in [0.1, 0.15) is 25.7 Å². The van der Waals surface area contributed by atoms with Crippen molar-refractivity contribution in [3.63, 3.8) is 0 Å². The lowest BCUT2D eigenvalue weighted by atomic mass is 9.97. The van der Waals surface area contributed by atoms with E-state index in [0.717, 1.165) is 54.8 Å². The number of sulfone groups is 1. The molecule has 9 heteroatoms. The third-order valence-corrected chi connectivity index (χ3v) is 9.45. The van der Waals surface area contributed by atoms with Crippen LogP contribution in [0.4, 0.5) is 0 Å². The molecule has 0 aliphatic carbocycles. The average Bonchev–Trinajstić information content (AvgIpc) is 3.43. The van der Waals surface area contributed by atoms with E-state index in [4.69, 9.17) is 11.6 Å². The number of carbonyl (C=O) groups is 1. The zero-order valence-electron chi connectivity index (χ0n) is 18.2. The number of amidine groups is 1. The largest absolute Gasteiger partial charge is 0.321 e. The Morgan fingerprint density at radius 1 is 1.12 bits per heavy atom. The summed E-state index contributed by atoms with van der Waals surface area (Å²) in [5, 5.41) is 5.50. The third-order valence-electron chi connectivity index (χ3n) is 6.55. The number of rotatable bonds is 7. The van der Waals surface area contributed by atoms with Crippen LogP contribution in [0.5, 0.6) is 0 Å². The molecule has 1 atom stereocenters. The van der Waals surface area contributed by atoms with E-state index in [0.29, 0.717) is 11.6 Å². The average molecular weight is 504 g/mol. The predicted molar refractivity (Wildman–Crippen MR) is 135 cm³/mol. The molecule has 2 aromatic rings. The molecule has 0 amide bonds. The summed E-state index contributed by atoms with van der Waals surface area (Å²) in [6, 6.07) is 10.2. The second-order valence-corrected chi connectivity index (χ2v) is 12.1. The highest BCUT2D eigenvalue weighted by molar-refractivity contribution is 8.16. The SMILES string of the molecule is O=C(CCS(=O)(=O)c1ccc2cc(Cl)ccc2c1)C1CCCCN1CC1=CSC2=NCCN12. The van der Waals surface area contributed by atoms with Crippen LogP contribution in [0.3, 0.4) is 0 Å². The molecule has 3 aliphatic rings. The highest BCUT2D eigenvalue weighted by Gasteiger charge is 2.33. The molecule has 0 radical (unpaired) electrons. The summed E-state index contributed by atoms with van der Waals surface area (Å²) < 4.78 is 26.0. The number of ketones is 1. The van der Waals surface area contributed by atoms with Gasteiger partial charge in [-0.1, -0.05) is 41.9 Å². The molecule has 174 valence electrons. The molecule has 3 heterocycles. The van der Waals surface area contributed by atoms with E-state index in [1.54, 1.807) is 36.0 Å². The molecule has 33 heavy (non-hydrogen) atoms. The van der Waals surface area contributed by atoms with Crippen LogP contribution in [0.15, 0.2) is 57.4 Å². The fraction of sp³-hybridized carbons (Fsp3) is 0.417. The monoisotopic (exact) mass is 503 g/mol. The number of nitrogens with zero attached hydrogens (tertiary/aromatic N) is 3. The van der Waals surface area contributed by atoms with Gasteiger partial charge < -0.3 is 4.90 Å². The Hall–Kier alpha value is -1.87. The van der Waals surface area contributed by atoms with E-state index in [9.17, 15) is 13.2 Å². The predicted octanol–water partition coefficient (Wildman–Crippen LogP) is 4.34. The summed E-state index contributed by atoms with van der Waals surface area (Å²) in [4.78, 5) is 22.4. The number of Topliss-reactive ketones (excluding diaryl/α,β-unsaturated/α-hetero) is 1. The standard InChI is InChI=1S/C24H26ClN3O3S2/c25-19-6-4-18-14-21(7-5-17(18)13-19)33(30,31)12-8-23(29)22-3-1-2-10-27(22)15-20-16-32-24-26-9-11-28(20)24/h4-7,13-14,16,22H,1-3,8-12,15H2. The van der Waals surface area contributed by atoms with Crippen molar-refractivity contribution in [3.05, 3.63) is 52.5 Å². The number of aliphatic imine (C=N–C) groups is 1. The second kappa shape index (κ2) is 9.41. The topological polar surface area (TPSA) is 70.0 Å². The first kappa shape index (κ1) is 22.9. The fourth-order valence-electron chi connectivity index (χ4n) is 4.76. The quantitative estimate of drug-likeness (QED) is 0.559. The van der Waals surface area contributed by atoms with Gasteiger partial charge >= 0.3 is 0 Å². The van der Waals surface area contributed by atoms with Gasteiger partial charge in [0.1, 0.15) is 0 Å². The van der Waals surface area contributed by atoms with Crippen LogP contribution in [0, 0.1) is 0 Å². The Morgan fingerprint density at radius 2 is 1.94 bits per heavy atom. The van der Waals surface area contributed by atoms with Gasteiger partial charge in [-0.3, -0.25) is 14.7 Å². The third kappa shape index (κ3) is 4.85. The number of hydrogen-bond donors (Lipinski definition) is 0. The van der Waals surface area contributed by atoms with Crippen LogP contribution in [-0.2, 0) is 14.6 Å². The molecule has 0 N–H and O–H groups in total. The first-order valence-electron chi connectivity index (χ1n) is 11.3. The van der Waals surface area contributed by atoms with Crippen molar-refractivity contribution in [1.82, 2.24) is 9.80 Å². The van der Waals surface area contributed by atoms with Gasteiger partial charge in [-0.25, -0.2) is 8.42 Å². The van der Waals surface area contributed by atoms with E-state index >= 15 is 0 Å². The number of thioether (sulfide) groups is 1. The van der Waals surface area contributed by atoms with Crippen molar-refractivity contribution >= 4 is 54.9 Å². The molecule has 0 bridgehead atoms. The molecular weight excluding hydrogens is 478 g/mol. The Kier molecular flexibility index (Phi) is 6.53. The molecule has 1 fully saturated rings. The maximum atomic E-state index is 13.2. The van der Waals surface area contributed by atoms with Crippen LogP contribution in [0.25, 0.3) is 10.8 Å². The van der Waals surface area contributed by atoms with E-state index in [1.165, 1.54) is 5.70 Å². The minimum absolute atomic E-state index is 0.0207. The number of benzene rings is 2. The lowest BCUT2D eigenvalue weighted by Gasteiger charge is -2.36. The van der Waals surface area contributed by atoms with Crippen molar-refractivity contribution < 1.29 is 13.2 Å². The smallest absolute Gasteiger partial charge is 0.178 e. The molecule has 0 aromatic heterocycles. The maximum Gasteiger partial charge on any atom is 0.178 e. The van der Waals surface area contributed by atoms with Gasteiger partial charge in [0.05, 0.1) is 23.2 Å². The summed E-state index contributed by atoms with van der Waals surface area (Å²) in [7, 11) is -3.56. The first-order chi connectivity index (χ1) is 15.9. The van der Waals surface area contributed by atoms with Gasteiger partial charge in [-0.2, -0.15) is 0 Å². The number of hydrogen-bond acceptors (Lipinski definition) is 7. The van der Waals surface area contributed by atoms with E-state index in [-0.39, 0.29) is 28.9 Å². The van der Waals surface area contributed by atoms with Crippen LogP contribution in [-0.4, -0.2) is 67.1 Å². The van der Waals surface area contributed by atoms with Crippen molar-refractivity contribution in [2.75, 3.05) is 31.9 Å². The van der Waals surface area contributed by atoms with Crippen LogP contribution in [0.2, 0.25) is 5.02 Å². The maximum absolute atomic E-state index is 13.2. The summed E-state index contributed by atoms with van der Waals surface area (Å²) >= 11 is 7.67. The Balaban J connectivity index is 1.25. The fourth-order valence-corrected chi connectivity index (χ4v) is 7.17. The van der Waals surface area contributed by atoms with Crippen LogP contribution < -0.4 is 0 Å². The summed E-state index contributed by atoms with van der Waals surface area (Å²) in [5.41, 5.74) is 1.19. The molecule has 3 aliphatic heterocycles. The van der Waals surface area contributed by atoms with Gasteiger partial charge in [-0.05, 0) is 59.8 Å². The number of piperidine rings is 1. The Labute approximate surface area is 203 Å². The number of fused-ring (bicyclic) bond motifs is 2. The van der Waals surface area contributed by atoms with Crippen molar-refractivity contribution in [1.29, 1.82) is 0 Å². The van der Waals surface area contributed by atoms with Gasteiger partial charge in [0, 0.05) is 30.2 Å². The number of carbonyl (C=O) groups excluding carboxylic acids is 1. The summed E-state index contributed by atoms with van der Waals surface area (Å²) in [6.45, 7) is 3.29. The van der Waals surface area contributed by atoms with Gasteiger partial charge in [-0.15, -0.1) is 0 Å². The summed E-state index contributed by atoms with van der Waals surface area (Å²) in [5.74, 6) is -0.149. The first-order valence-corrected chi connectivity index (χ1v) is 14.2. The van der Waals surface area contributed by atoms with Gasteiger partial charge in [0.15, 0.2) is 20.8 Å². The molecule has 0 saturated carbocycles. The van der Waals surface area contributed by atoms with Crippen molar-refractivity contribution in [2.45, 2.75) is 36.6 Å². The minimum Gasteiger partial charge on any atom is -0.321 e.